The minimum atomic E-state index is -4.67. The molecule has 3 fully saturated rings. The molecule has 3 heterocycles. The van der Waals surface area contributed by atoms with E-state index >= 15 is 0 Å². The number of benzene rings is 2. The lowest BCUT2D eigenvalue weighted by Crippen LogP contribution is -2.68. The fourth-order valence-corrected chi connectivity index (χ4v) is 7.38. The van der Waals surface area contributed by atoms with Gasteiger partial charge in [0.25, 0.3) is 0 Å². The second kappa shape index (κ2) is 13.0. The Morgan fingerprint density at radius 3 is 2.33 bits per heavy atom. The van der Waals surface area contributed by atoms with Crippen LogP contribution in [0.2, 0.25) is 0 Å². The number of likely N-dealkylation sites (tertiary alicyclic amines) is 1. The molecule has 1 aliphatic carbocycles. The van der Waals surface area contributed by atoms with Crippen LogP contribution in [0.25, 0.3) is 10.9 Å². The van der Waals surface area contributed by atoms with Gasteiger partial charge >= 0.3 is 12.4 Å². The Kier molecular flexibility index (Phi) is 9.29. The maximum Gasteiger partial charge on any atom is 0.422 e. The minimum Gasteiger partial charge on any atom is -0.482 e. The predicted molar refractivity (Wildman–Crippen MR) is 169 cm³/mol. The van der Waals surface area contributed by atoms with E-state index in [-0.39, 0.29) is 34.6 Å². The van der Waals surface area contributed by atoms with E-state index in [4.69, 9.17) is 9.47 Å². The summed E-state index contributed by atoms with van der Waals surface area (Å²) >= 11 is 0. The Balaban J connectivity index is 1.17. The topological polar surface area (TPSA) is 84.8 Å². The van der Waals surface area contributed by atoms with Gasteiger partial charge in [0.2, 0.25) is 0 Å². The molecule has 2 saturated heterocycles. The fourth-order valence-electron chi connectivity index (χ4n) is 6.75. The van der Waals surface area contributed by atoms with Crippen LogP contribution in [0.3, 0.4) is 0 Å². The van der Waals surface area contributed by atoms with Crippen LogP contribution < -0.4 is 15.4 Å². The molecule has 0 atom stereocenters. The highest BCUT2D eigenvalue weighted by atomic mass is 32.2. The Hall–Kier alpha value is -3.61. The van der Waals surface area contributed by atoms with Gasteiger partial charge in [0.05, 0.1) is 41.6 Å². The van der Waals surface area contributed by atoms with Crippen molar-refractivity contribution in [2.24, 2.45) is 5.41 Å². The molecule has 1 aromatic heterocycles. The van der Waals surface area contributed by atoms with Crippen molar-refractivity contribution in [2.75, 3.05) is 56.3 Å². The largest absolute Gasteiger partial charge is 0.482 e. The van der Waals surface area contributed by atoms with Crippen LogP contribution in [-0.2, 0) is 21.1 Å². The summed E-state index contributed by atoms with van der Waals surface area (Å²) in [7, 11) is -3.73. The molecule has 8 nitrogen and oxygen atoms in total. The van der Waals surface area contributed by atoms with E-state index in [1.807, 2.05) is 6.07 Å². The number of anilines is 2. The van der Waals surface area contributed by atoms with E-state index < -0.39 is 35.3 Å². The molecule has 2 N–H and O–H groups in total. The number of alkyl halides is 6. The van der Waals surface area contributed by atoms with Crippen molar-refractivity contribution in [1.29, 1.82) is 0 Å². The summed E-state index contributed by atoms with van der Waals surface area (Å²) in [6.45, 7) is 0.798. The second-order valence-corrected chi connectivity index (χ2v) is 15.0. The van der Waals surface area contributed by atoms with E-state index in [0.29, 0.717) is 22.4 Å². The van der Waals surface area contributed by atoms with E-state index in [1.165, 1.54) is 12.1 Å². The third-order valence-corrected chi connectivity index (χ3v) is 10.2. The molecule has 3 aromatic rings. The molecule has 0 radical (unpaired) electrons. The molecule has 6 rings (SSSR count). The summed E-state index contributed by atoms with van der Waals surface area (Å²) in [6.07, 6.45) is -4.29. The number of fused-ring (bicyclic) bond motifs is 1. The van der Waals surface area contributed by atoms with Gasteiger partial charge < -0.3 is 24.7 Å². The molecule has 0 unspecified atom stereocenters. The number of hydrogen-bond donors (Lipinski definition) is 2. The summed E-state index contributed by atoms with van der Waals surface area (Å²) in [6, 6.07) is 10.9. The fraction of sp³-hybridized carbons (Fsp3) is 0.515. The summed E-state index contributed by atoms with van der Waals surface area (Å²) in [4.78, 5) is 2.30. The molecule has 0 amide bonds. The zero-order valence-electron chi connectivity index (χ0n) is 26.2. The van der Waals surface area contributed by atoms with Crippen molar-refractivity contribution in [1.82, 2.24) is 9.47 Å². The lowest BCUT2D eigenvalue weighted by molar-refractivity contribution is -0.200. The number of halogens is 6. The first-order valence-electron chi connectivity index (χ1n) is 15.6. The number of sulfone groups is 1. The Morgan fingerprint density at radius 2 is 1.71 bits per heavy atom. The summed E-state index contributed by atoms with van der Waals surface area (Å²) in [5.74, 6) is 5.17. The normalized spacial score (nSPS) is 21.2. The minimum absolute atomic E-state index is 0.0451. The Morgan fingerprint density at radius 1 is 0.979 bits per heavy atom. The van der Waals surface area contributed by atoms with Crippen LogP contribution in [0.5, 0.6) is 5.75 Å². The first-order chi connectivity index (χ1) is 22.6. The average molecular weight is 699 g/mol. The first kappa shape index (κ1) is 34.3. The molecule has 1 spiro atoms. The lowest BCUT2D eigenvalue weighted by atomic mass is 9.75. The van der Waals surface area contributed by atoms with E-state index in [9.17, 15) is 34.8 Å². The van der Waals surface area contributed by atoms with Gasteiger partial charge in [-0.05, 0) is 61.9 Å². The van der Waals surface area contributed by atoms with Gasteiger partial charge in [-0.1, -0.05) is 12.0 Å². The molecule has 15 heteroatoms. The Bertz CT molecular complexity index is 1810. The molecule has 48 heavy (non-hydrogen) atoms. The van der Waals surface area contributed by atoms with Crippen molar-refractivity contribution < 1.29 is 44.2 Å². The highest BCUT2D eigenvalue weighted by Gasteiger charge is 2.50. The molecular formula is C33H36F6N4O4S. The number of hydrogen-bond acceptors (Lipinski definition) is 7. The number of nitrogens with one attached hydrogen (secondary N) is 2. The van der Waals surface area contributed by atoms with E-state index in [0.717, 1.165) is 74.6 Å². The van der Waals surface area contributed by atoms with Crippen molar-refractivity contribution >= 4 is 32.1 Å². The van der Waals surface area contributed by atoms with Gasteiger partial charge in [-0.15, -0.1) is 0 Å². The van der Waals surface area contributed by atoms with Crippen molar-refractivity contribution in [3.05, 3.63) is 48.2 Å². The van der Waals surface area contributed by atoms with Gasteiger partial charge in [-0.3, -0.25) is 4.90 Å². The zero-order chi connectivity index (χ0) is 34.3. The molecule has 0 bridgehead atoms. The van der Waals surface area contributed by atoms with Crippen LogP contribution in [0, 0.1) is 17.3 Å². The maximum atomic E-state index is 13.7. The van der Waals surface area contributed by atoms with Gasteiger partial charge in [-0.2, -0.15) is 26.3 Å². The molecule has 2 aliphatic heterocycles. The van der Waals surface area contributed by atoms with Crippen LogP contribution in [0.4, 0.5) is 37.7 Å². The molecular weight excluding hydrogens is 662 g/mol. The summed E-state index contributed by atoms with van der Waals surface area (Å²) < 4.78 is 115. The number of rotatable bonds is 9. The average Bonchev–Trinajstić information content (AvgIpc) is 3.29. The highest BCUT2D eigenvalue weighted by molar-refractivity contribution is 7.90. The van der Waals surface area contributed by atoms with Gasteiger partial charge in [0, 0.05) is 54.0 Å². The van der Waals surface area contributed by atoms with Crippen LogP contribution in [0.1, 0.15) is 31.4 Å². The third-order valence-electron chi connectivity index (χ3n) is 9.11. The van der Waals surface area contributed by atoms with Gasteiger partial charge in [0.15, 0.2) is 16.4 Å². The molecule has 1 saturated carbocycles. The first-order valence-corrected chi connectivity index (χ1v) is 17.5. The highest BCUT2D eigenvalue weighted by Crippen LogP contribution is 2.41. The zero-order valence-corrected chi connectivity index (χ0v) is 27.0. The van der Waals surface area contributed by atoms with Crippen molar-refractivity contribution in [2.45, 2.75) is 61.6 Å². The van der Waals surface area contributed by atoms with E-state index in [2.05, 4.69) is 27.4 Å². The summed E-state index contributed by atoms with van der Waals surface area (Å²) in [5.41, 5.74) is 1.63. The third kappa shape index (κ3) is 7.98. The molecule has 2 aromatic carbocycles. The molecule has 260 valence electrons. The number of nitrogens with zero attached hydrogens (tertiary/aromatic N) is 2. The summed E-state index contributed by atoms with van der Waals surface area (Å²) in [5, 5.41) is 6.95. The standard InChI is InChI=1S/C33H36F6N4O4S/c1-48(44,45)25-11-12-28(30(15-25)47-21-33(37,38)39)40-13-3-4-24-14-26-27(5-2-6-29(26)43(24)18-32(34,35)36)41-22-7-9-23(10-8-22)42-16-31(17-42)19-46-20-31/h2,5-6,11-12,14-15,22-23,40-41H,7-10,13,16-21H2,1H3/t22-,23+. The van der Waals surface area contributed by atoms with Crippen LogP contribution in [0.15, 0.2) is 47.4 Å². The van der Waals surface area contributed by atoms with Crippen LogP contribution >= 0.6 is 0 Å². The van der Waals surface area contributed by atoms with Crippen LogP contribution in [-0.4, -0.2) is 88.0 Å². The maximum absolute atomic E-state index is 13.7. The quantitative estimate of drug-likeness (QED) is 0.208. The SMILES string of the molecule is CS(=O)(=O)c1ccc(NCC#Cc2cc3c(N[C@H]4CC[C@@H](N5CC6(COC6)C5)CC4)cccc3n2CC(F)(F)F)c(OCC(F)(F)F)c1. The van der Waals surface area contributed by atoms with Gasteiger partial charge in [-0.25, -0.2) is 8.42 Å². The van der Waals surface area contributed by atoms with Gasteiger partial charge in [0.1, 0.15) is 12.3 Å². The lowest BCUT2D eigenvalue weighted by Gasteiger charge is -2.58. The molecule has 3 aliphatic rings. The second-order valence-electron chi connectivity index (χ2n) is 13.0. The Labute approximate surface area is 274 Å². The monoisotopic (exact) mass is 698 g/mol. The number of aromatic nitrogens is 1. The van der Waals surface area contributed by atoms with Crippen molar-refractivity contribution in [3.63, 3.8) is 0 Å². The van der Waals surface area contributed by atoms with Crippen molar-refractivity contribution in [3.8, 4) is 17.6 Å². The van der Waals surface area contributed by atoms with E-state index in [1.54, 1.807) is 18.2 Å². The smallest absolute Gasteiger partial charge is 0.422 e. The predicted octanol–water partition coefficient (Wildman–Crippen LogP) is 6.07. The number of ether oxygens (including phenoxy) is 2.